The van der Waals surface area contributed by atoms with Crippen molar-refractivity contribution in [1.82, 2.24) is 4.98 Å². The molecule has 1 heterocycles. The van der Waals surface area contributed by atoms with Crippen molar-refractivity contribution in [2.45, 2.75) is 25.2 Å². The van der Waals surface area contributed by atoms with E-state index in [2.05, 4.69) is 20.9 Å². The van der Waals surface area contributed by atoms with Crippen LogP contribution in [-0.4, -0.2) is 4.98 Å². The first-order valence-corrected chi connectivity index (χ1v) is 5.16. The van der Waals surface area contributed by atoms with Gasteiger partial charge in [-0.1, -0.05) is 6.42 Å². The minimum Gasteiger partial charge on any atom is -0.394 e. The number of aromatic nitrogens is 1. The molecule has 2 rings (SSSR count). The van der Waals surface area contributed by atoms with Crippen molar-refractivity contribution in [3.63, 3.8) is 0 Å². The number of nitrogens with one attached hydrogen (secondary N) is 1. The van der Waals surface area contributed by atoms with Crippen LogP contribution in [0.3, 0.4) is 0 Å². The summed E-state index contributed by atoms with van der Waals surface area (Å²) in [5.74, 6) is 0.516. The van der Waals surface area contributed by atoms with Gasteiger partial charge in [-0.15, -0.1) is 0 Å². The van der Waals surface area contributed by atoms with Crippen molar-refractivity contribution in [2.24, 2.45) is 0 Å². The first-order valence-electron chi connectivity index (χ1n) is 4.36. The third-order valence-electron chi connectivity index (χ3n) is 2.56. The topological polar surface area (TPSA) is 58.9 Å². The lowest BCUT2D eigenvalue weighted by Gasteiger charge is -2.26. The number of aromatic amines is 1. The maximum absolute atomic E-state index is 11.2. The molecule has 1 aliphatic carbocycles. The average Bonchev–Trinajstić information content (AvgIpc) is 1.96. The Morgan fingerprint density at radius 3 is 2.77 bits per heavy atom. The minimum absolute atomic E-state index is 0.176. The minimum atomic E-state index is -0.176. The van der Waals surface area contributed by atoms with Crippen molar-refractivity contribution in [1.29, 1.82) is 0 Å². The van der Waals surface area contributed by atoms with Gasteiger partial charge in [0.15, 0.2) is 0 Å². The number of nitrogen functional groups attached to an aromatic ring is 1. The van der Waals surface area contributed by atoms with Crippen molar-refractivity contribution < 1.29 is 0 Å². The fourth-order valence-electron chi connectivity index (χ4n) is 1.53. The second-order valence-electron chi connectivity index (χ2n) is 3.44. The van der Waals surface area contributed by atoms with Crippen LogP contribution in [0.4, 0.5) is 5.69 Å². The molecule has 0 bridgehead atoms. The summed E-state index contributed by atoms with van der Waals surface area (Å²) in [5.41, 5.74) is 6.58. The van der Waals surface area contributed by atoms with E-state index in [1.807, 2.05) is 0 Å². The molecule has 4 heteroatoms. The van der Waals surface area contributed by atoms with Crippen molar-refractivity contribution in [3.8, 4) is 0 Å². The third kappa shape index (κ3) is 1.50. The first-order chi connectivity index (χ1) is 6.18. The van der Waals surface area contributed by atoms with Crippen LogP contribution in [0.5, 0.6) is 0 Å². The van der Waals surface area contributed by atoms with E-state index in [0.29, 0.717) is 5.92 Å². The highest BCUT2D eigenvalue weighted by Crippen LogP contribution is 2.38. The largest absolute Gasteiger partial charge is 0.394 e. The predicted octanol–water partition coefficient (Wildman–Crippen LogP) is 1.99. The molecule has 3 N–H and O–H groups in total. The summed E-state index contributed by atoms with van der Waals surface area (Å²) < 4.78 is 0.925. The Morgan fingerprint density at radius 1 is 1.54 bits per heavy atom. The summed E-state index contributed by atoms with van der Waals surface area (Å²) >= 11 is 3.41. The van der Waals surface area contributed by atoms with Gasteiger partial charge in [-0.05, 0) is 34.8 Å². The van der Waals surface area contributed by atoms with Crippen LogP contribution in [0.25, 0.3) is 0 Å². The van der Waals surface area contributed by atoms with Crippen molar-refractivity contribution in [3.05, 3.63) is 26.6 Å². The standard InChI is InChI=1S/C9H11BrN2O/c10-6-4-7(11)9(13)12-8(6)5-2-1-3-5/h4-5H,1-3,11H2,(H,12,13). The number of halogens is 1. The molecular formula is C9H11BrN2O. The van der Waals surface area contributed by atoms with E-state index in [0.717, 1.165) is 10.2 Å². The molecular weight excluding hydrogens is 232 g/mol. The lowest BCUT2D eigenvalue weighted by atomic mass is 9.83. The summed E-state index contributed by atoms with van der Waals surface area (Å²) in [6.07, 6.45) is 3.58. The quantitative estimate of drug-likeness (QED) is 0.792. The third-order valence-corrected chi connectivity index (χ3v) is 3.22. The van der Waals surface area contributed by atoms with Gasteiger partial charge in [-0.2, -0.15) is 0 Å². The molecule has 0 aromatic carbocycles. The van der Waals surface area contributed by atoms with Crippen LogP contribution in [0.1, 0.15) is 30.9 Å². The molecule has 0 radical (unpaired) electrons. The van der Waals surface area contributed by atoms with Gasteiger partial charge in [0.05, 0.1) is 5.69 Å². The number of H-pyrrole nitrogens is 1. The molecule has 0 spiro atoms. The summed E-state index contributed by atoms with van der Waals surface area (Å²) in [4.78, 5) is 14.1. The van der Waals surface area contributed by atoms with E-state index in [-0.39, 0.29) is 11.2 Å². The van der Waals surface area contributed by atoms with Gasteiger partial charge in [-0.25, -0.2) is 0 Å². The molecule has 1 fully saturated rings. The fraction of sp³-hybridized carbons (Fsp3) is 0.444. The molecule has 0 atom stereocenters. The van der Waals surface area contributed by atoms with Crippen LogP contribution >= 0.6 is 15.9 Å². The van der Waals surface area contributed by atoms with Gasteiger partial charge in [0.25, 0.3) is 5.56 Å². The maximum Gasteiger partial charge on any atom is 0.271 e. The molecule has 1 aliphatic rings. The second-order valence-corrected chi connectivity index (χ2v) is 4.30. The van der Waals surface area contributed by atoms with E-state index in [9.17, 15) is 4.79 Å². The Hall–Kier alpha value is -0.770. The van der Waals surface area contributed by atoms with Gasteiger partial charge < -0.3 is 10.7 Å². The Morgan fingerprint density at radius 2 is 2.23 bits per heavy atom. The van der Waals surface area contributed by atoms with Crippen LogP contribution in [0.15, 0.2) is 15.3 Å². The number of hydrogen-bond acceptors (Lipinski definition) is 2. The molecule has 1 aromatic heterocycles. The lowest BCUT2D eigenvalue weighted by Crippen LogP contribution is -2.19. The lowest BCUT2D eigenvalue weighted by molar-refractivity contribution is 0.409. The molecule has 0 amide bonds. The number of nitrogens with two attached hydrogens (primary N) is 1. The van der Waals surface area contributed by atoms with Crippen LogP contribution in [0.2, 0.25) is 0 Å². The van der Waals surface area contributed by atoms with E-state index in [4.69, 9.17) is 5.73 Å². The maximum atomic E-state index is 11.2. The number of pyridine rings is 1. The van der Waals surface area contributed by atoms with Gasteiger partial charge in [0.1, 0.15) is 0 Å². The van der Waals surface area contributed by atoms with Crippen LogP contribution in [0, 0.1) is 0 Å². The molecule has 1 saturated carbocycles. The number of rotatable bonds is 1. The molecule has 3 nitrogen and oxygen atoms in total. The van der Waals surface area contributed by atoms with E-state index >= 15 is 0 Å². The number of anilines is 1. The molecule has 70 valence electrons. The van der Waals surface area contributed by atoms with Crippen molar-refractivity contribution >= 4 is 21.6 Å². The Balaban J connectivity index is 2.45. The zero-order chi connectivity index (χ0) is 9.42. The monoisotopic (exact) mass is 242 g/mol. The Labute approximate surface area is 84.5 Å². The van der Waals surface area contributed by atoms with Crippen molar-refractivity contribution in [2.75, 3.05) is 5.73 Å². The summed E-state index contributed by atoms with van der Waals surface area (Å²) in [6.45, 7) is 0. The average molecular weight is 243 g/mol. The fourth-order valence-corrected chi connectivity index (χ4v) is 2.20. The SMILES string of the molecule is Nc1cc(Br)c(C2CCC2)[nH]c1=O. The van der Waals surface area contributed by atoms with Gasteiger partial charge in [0, 0.05) is 16.1 Å². The van der Waals surface area contributed by atoms with E-state index in [1.165, 1.54) is 19.3 Å². The molecule has 0 saturated heterocycles. The molecule has 0 unspecified atom stereocenters. The molecule has 13 heavy (non-hydrogen) atoms. The Bertz CT molecular complexity index is 382. The highest BCUT2D eigenvalue weighted by atomic mass is 79.9. The van der Waals surface area contributed by atoms with Crippen LogP contribution < -0.4 is 11.3 Å². The zero-order valence-corrected chi connectivity index (χ0v) is 8.73. The van der Waals surface area contributed by atoms with Gasteiger partial charge in [-0.3, -0.25) is 4.79 Å². The van der Waals surface area contributed by atoms with E-state index in [1.54, 1.807) is 6.07 Å². The predicted molar refractivity (Wildman–Crippen MR) is 55.8 cm³/mol. The smallest absolute Gasteiger partial charge is 0.271 e. The van der Waals surface area contributed by atoms with Gasteiger partial charge in [0.2, 0.25) is 0 Å². The molecule has 1 aromatic rings. The zero-order valence-electron chi connectivity index (χ0n) is 7.14. The summed E-state index contributed by atoms with van der Waals surface area (Å²) in [5, 5.41) is 0. The highest BCUT2D eigenvalue weighted by Gasteiger charge is 2.22. The Kier molecular flexibility index (Phi) is 2.15. The number of hydrogen-bond donors (Lipinski definition) is 2. The normalized spacial score (nSPS) is 17.0. The second kappa shape index (κ2) is 3.18. The summed E-state index contributed by atoms with van der Waals surface area (Å²) in [7, 11) is 0. The highest BCUT2D eigenvalue weighted by molar-refractivity contribution is 9.10. The van der Waals surface area contributed by atoms with Crippen LogP contribution in [-0.2, 0) is 0 Å². The summed E-state index contributed by atoms with van der Waals surface area (Å²) in [6, 6.07) is 1.69. The van der Waals surface area contributed by atoms with E-state index < -0.39 is 0 Å². The van der Waals surface area contributed by atoms with Gasteiger partial charge >= 0.3 is 0 Å². The molecule has 0 aliphatic heterocycles. The first kappa shape index (κ1) is 8.81.